The Morgan fingerprint density at radius 1 is 0.975 bits per heavy atom. The van der Waals surface area contributed by atoms with Crippen LogP contribution in [0.25, 0.3) is 11.0 Å². The number of nitrogens with one attached hydrogen (secondary N) is 2. The van der Waals surface area contributed by atoms with Crippen molar-refractivity contribution in [2.24, 2.45) is 7.05 Å². The molecule has 0 bridgehead atoms. The van der Waals surface area contributed by atoms with Crippen molar-refractivity contribution < 1.29 is 23.7 Å². The summed E-state index contributed by atoms with van der Waals surface area (Å²) in [4.78, 5) is 24.0. The fourth-order valence-corrected chi connectivity index (χ4v) is 4.52. The molecule has 5 rings (SSSR count). The lowest BCUT2D eigenvalue weighted by Crippen LogP contribution is -2.38. The summed E-state index contributed by atoms with van der Waals surface area (Å²) in [6.07, 6.45) is 2.44. The molecule has 4 aromatic rings. The molecule has 0 radical (unpaired) electrons. The summed E-state index contributed by atoms with van der Waals surface area (Å²) >= 11 is 0. The number of fused-ring (bicyclic) bond motifs is 1. The number of imidazole rings is 1. The van der Waals surface area contributed by atoms with Crippen LogP contribution in [0.3, 0.4) is 0 Å². The summed E-state index contributed by atoms with van der Waals surface area (Å²) in [5, 5.41) is 6.28. The van der Waals surface area contributed by atoms with Crippen molar-refractivity contribution in [2.45, 2.75) is 6.42 Å². The summed E-state index contributed by atoms with van der Waals surface area (Å²) in [6.45, 7) is 4.93. The number of nitrogens with zero attached hydrogens (tertiary/aromatic N) is 4. The highest BCUT2D eigenvalue weighted by molar-refractivity contribution is 5.92. The number of anilines is 2. The molecule has 2 aromatic heterocycles. The van der Waals surface area contributed by atoms with Gasteiger partial charge < -0.3 is 34.1 Å². The Balaban J connectivity index is 1.22. The first-order valence-corrected chi connectivity index (χ1v) is 13.2. The van der Waals surface area contributed by atoms with E-state index in [1.165, 1.54) is 0 Å². The molecule has 0 unspecified atom stereocenters. The minimum atomic E-state index is -0.225. The third-order valence-corrected chi connectivity index (χ3v) is 6.70. The van der Waals surface area contributed by atoms with Gasteiger partial charge in [0.1, 0.15) is 28.7 Å². The largest absolute Gasteiger partial charge is 0.497 e. The van der Waals surface area contributed by atoms with Gasteiger partial charge in [0.05, 0.1) is 38.5 Å². The summed E-state index contributed by atoms with van der Waals surface area (Å²) in [6, 6.07) is 14.6. The lowest BCUT2D eigenvalue weighted by Gasteiger charge is -2.26. The van der Waals surface area contributed by atoms with Crippen LogP contribution in [0.1, 0.15) is 16.9 Å². The molecule has 11 heteroatoms. The van der Waals surface area contributed by atoms with Gasteiger partial charge >= 0.3 is 0 Å². The number of aryl methyl sites for hydroxylation is 1. The molecule has 1 aliphatic heterocycles. The van der Waals surface area contributed by atoms with Crippen LogP contribution in [0.5, 0.6) is 23.0 Å². The van der Waals surface area contributed by atoms with E-state index in [0.717, 1.165) is 56.0 Å². The number of amides is 1. The Morgan fingerprint density at radius 2 is 1.73 bits per heavy atom. The number of morpholine rings is 1. The Bertz CT molecular complexity index is 1440. The van der Waals surface area contributed by atoms with Gasteiger partial charge in [-0.1, -0.05) is 0 Å². The molecule has 2 N–H and O–H groups in total. The lowest BCUT2D eigenvalue weighted by molar-refractivity contribution is 0.0374. The highest BCUT2D eigenvalue weighted by Gasteiger charge is 2.13. The van der Waals surface area contributed by atoms with Crippen LogP contribution >= 0.6 is 0 Å². The molecule has 210 valence electrons. The maximum absolute atomic E-state index is 12.6. The molecule has 1 aliphatic rings. The summed E-state index contributed by atoms with van der Waals surface area (Å²) in [5.41, 5.74) is 2.78. The van der Waals surface area contributed by atoms with E-state index >= 15 is 0 Å². The fraction of sp³-hybridized carbons (Fsp3) is 0.345. The van der Waals surface area contributed by atoms with Crippen LogP contribution in [0.15, 0.2) is 54.7 Å². The van der Waals surface area contributed by atoms with Crippen molar-refractivity contribution in [3.05, 3.63) is 60.4 Å². The molecule has 1 amide bonds. The van der Waals surface area contributed by atoms with Gasteiger partial charge in [-0.05, 0) is 31.2 Å². The lowest BCUT2D eigenvalue weighted by atomic mass is 10.3. The second kappa shape index (κ2) is 12.7. The number of methoxy groups -OCH3 is 2. The third kappa shape index (κ3) is 6.61. The van der Waals surface area contributed by atoms with Crippen LogP contribution in [0.2, 0.25) is 0 Å². The molecule has 0 spiro atoms. The first kappa shape index (κ1) is 27.2. The summed E-state index contributed by atoms with van der Waals surface area (Å²) < 4.78 is 24.1. The zero-order valence-electron chi connectivity index (χ0n) is 23.0. The van der Waals surface area contributed by atoms with Crippen molar-refractivity contribution in [1.29, 1.82) is 0 Å². The average molecular weight is 547 g/mol. The summed E-state index contributed by atoms with van der Waals surface area (Å²) in [5.74, 6) is 2.90. The number of rotatable bonds is 11. The number of pyridine rings is 1. The molecule has 0 saturated carbocycles. The van der Waals surface area contributed by atoms with E-state index in [2.05, 4.69) is 20.5 Å². The molecule has 1 saturated heterocycles. The zero-order chi connectivity index (χ0) is 27.9. The monoisotopic (exact) mass is 546 g/mol. The van der Waals surface area contributed by atoms with Gasteiger partial charge in [0.25, 0.3) is 5.91 Å². The van der Waals surface area contributed by atoms with E-state index < -0.39 is 0 Å². The Kier molecular flexibility index (Phi) is 8.62. The van der Waals surface area contributed by atoms with Crippen LogP contribution < -0.4 is 24.8 Å². The fourth-order valence-electron chi connectivity index (χ4n) is 4.52. The van der Waals surface area contributed by atoms with Gasteiger partial charge in [-0.3, -0.25) is 14.7 Å². The first-order chi connectivity index (χ1) is 19.5. The quantitative estimate of drug-likeness (QED) is 0.270. The maximum Gasteiger partial charge on any atom is 0.270 e. The van der Waals surface area contributed by atoms with E-state index in [9.17, 15) is 4.79 Å². The van der Waals surface area contributed by atoms with Crippen molar-refractivity contribution >= 4 is 28.6 Å². The molecule has 0 aliphatic carbocycles. The molecule has 3 heterocycles. The smallest absolute Gasteiger partial charge is 0.270 e. The van der Waals surface area contributed by atoms with Crippen molar-refractivity contribution in [2.75, 3.05) is 58.9 Å². The van der Waals surface area contributed by atoms with Gasteiger partial charge in [-0.25, -0.2) is 4.98 Å². The number of ether oxygens (including phenoxy) is 4. The Labute approximate surface area is 233 Å². The molecule has 40 heavy (non-hydrogen) atoms. The maximum atomic E-state index is 12.6. The predicted molar refractivity (Wildman–Crippen MR) is 152 cm³/mol. The zero-order valence-corrected chi connectivity index (χ0v) is 23.0. The summed E-state index contributed by atoms with van der Waals surface area (Å²) in [7, 11) is 5.16. The highest BCUT2D eigenvalue weighted by Crippen LogP contribution is 2.31. The van der Waals surface area contributed by atoms with E-state index in [0.29, 0.717) is 41.2 Å². The first-order valence-electron chi connectivity index (χ1n) is 13.2. The SMILES string of the molecule is COc1cc(Nc2nc3cc(Oc4ccnc(C(=O)NCCCN5CCOCC5)c4)ccc3n2C)cc(OC)c1. The predicted octanol–water partition coefficient (Wildman–Crippen LogP) is 3.97. The number of carbonyl (C=O) groups excluding carboxylic acids is 1. The van der Waals surface area contributed by atoms with E-state index in [4.69, 9.17) is 23.9 Å². The molecule has 11 nitrogen and oxygen atoms in total. The minimum Gasteiger partial charge on any atom is -0.497 e. The van der Waals surface area contributed by atoms with Crippen LogP contribution in [-0.2, 0) is 11.8 Å². The molecule has 1 fully saturated rings. The van der Waals surface area contributed by atoms with Crippen molar-refractivity contribution in [3.63, 3.8) is 0 Å². The Hall–Kier alpha value is -4.35. The van der Waals surface area contributed by atoms with Gasteiger partial charge in [-0.15, -0.1) is 0 Å². The Morgan fingerprint density at radius 3 is 2.48 bits per heavy atom. The third-order valence-electron chi connectivity index (χ3n) is 6.70. The van der Waals surface area contributed by atoms with Gasteiger partial charge in [-0.2, -0.15) is 0 Å². The minimum absolute atomic E-state index is 0.225. The number of carbonyl (C=O) groups is 1. The van der Waals surface area contributed by atoms with E-state index in [-0.39, 0.29) is 5.91 Å². The molecular formula is C29H34N6O5. The van der Waals surface area contributed by atoms with Crippen LogP contribution in [0.4, 0.5) is 11.6 Å². The second-order valence-electron chi connectivity index (χ2n) is 9.41. The van der Waals surface area contributed by atoms with Crippen molar-refractivity contribution in [1.82, 2.24) is 24.8 Å². The van der Waals surface area contributed by atoms with E-state index in [1.807, 2.05) is 48.0 Å². The van der Waals surface area contributed by atoms with Crippen LogP contribution in [-0.4, -0.2) is 79.0 Å². The standard InChI is InChI=1S/C29H34N6O5/c1-34-27-6-5-21(18-25(27)33-29(34)32-20-15-23(37-2)17-24(16-20)38-3)40-22-7-9-30-26(19-22)28(36)31-8-4-10-35-11-13-39-14-12-35/h5-7,9,15-19H,4,8,10-14H2,1-3H3,(H,31,36)(H,32,33). The van der Waals surface area contributed by atoms with Gasteiger partial charge in [0.2, 0.25) is 5.95 Å². The number of hydrogen-bond acceptors (Lipinski definition) is 9. The van der Waals surface area contributed by atoms with Crippen molar-refractivity contribution in [3.8, 4) is 23.0 Å². The molecule has 2 aromatic carbocycles. The van der Waals surface area contributed by atoms with Gasteiger partial charge in [0, 0.05) is 68.9 Å². The average Bonchev–Trinajstić information content (AvgIpc) is 3.29. The molecular weight excluding hydrogens is 512 g/mol. The number of hydrogen-bond donors (Lipinski definition) is 2. The normalized spacial score (nSPS) is 13.7. The second-order valence-corrected chi connectivity index (χ2v) is 9.41. The highest BCUT2D eigenvalue weighted by atomic mass is 16.5. The van der Waals surface area contributed by atoms with Gasteiger partial charge in [0.15, 0.2) is 0 Å². The van der Waals surface area contributed by atoms with E-state index in [1.54, 1.807) is 32.5 Å². The molecule has 0 atom stereocenters. The van der Waals surface area contributed by atoms with Crippen LogP contribution in [0, 0.1) is 0 Å². The number of aromatic nitrogens is 3. The topological polar surface area (TPSA) is 112 Å². The number of benzene rings is 2.